The zero-order chi connectivity index (χ0) is 17.0. The van der Waals surface area contributed by atoms with E-state index in [0.29, 0.717) is 26.2 Å². The van der Waals surface area contributed by atoms with E-state index in [4.69, 9.17) is 0 Å². The lowest BCUT2D eigenvalue weighted by molar-refractivity contribution is -0.142. The number of hydrogen-bond donors (Lipinski definition) is 1. The van der Waals surface area contributed by atoms with E-state index in [1.807, 2.05) is 24.3 Å². The molecule has 0 spiro atoms. The number of nitrogens with zero attached hydrogens (tertiary/aromatic N) is 2. The van der Waals surface area contributed by atoms with Crippen LogP contribution in [-0.4, -0.2) is 58.0 Å². The maximum Gasteiger partial charge on any atom is 0.323 e. The Morgan fingerprint density at radius 3 is 2.30 bits per heavy atom. The van der Waals surface area contributed by atoms with Crippen molar-refractivity contribution in [1.29, 1.82) is 0 Å². The van der Waals surface area contributed by atoms with E-state index >= 15 is 0 Å². The summed E-state index contributed by atoms with van der Waals surface area (Å²) < 4.78 is 34.0. The Kier molecular flexibility index (Phi) is 6.23. The molecule has 0 radical (unpaired) electrons. The summed E-state index contributed by atoms with van der Waals surface area (Å²) in [6.07, 6.45) is 0. The number of piperazine rings is 1. The second-order valence-corrected chi connectivity index (χ2v) is 8.18. The first-order chi connectivity index (χ1) is 10.8. The molecule has 0 bridgehead atoms. The Morgan fingerprint density at radius 1 is 1.22 bits per heavy atom. The summed E-state index contributed by atoms with van der Waals surface area (Å²) in [5.74, 6) is -0.605. The number of nitrogens with one attached hydrogen (secondary N) is 1. The van der Waals surface area contributed by atoms with Crippen LogP contribution in [0.5, 0.6) is 0 Å². The molecule has 1 fully saturated rings. The predicted molar refractivity (Wildman–Crippen MR) is 96.5 cm³/mol. The lowest BCUT2D eigenvalue weighted by Gasteiger charge is -2.35. The standard InChI is InChI=1S/C14H20IN3O4S/c1-11(14(19)22-2)16-23(20,21)18-9-7-17(8-10-18)13-5-3-12(15)4-6-13/h3-6,11,16H,7-10H2,1-2H3/t11-/m1/s1. The average molecular weight is 453 g/mol. The molecule has 9 heteroatoms. The van der Waals surface area contributed by atoms with Crippen LogP contribution in [0.4, 0.5) is 5.69 Å². The summed E-state index contributed by atoms with van der Waals surface area (Å²) in [5.41, 5.74) is 1.08. The van der Waals surface area contributed by atoms with Gasteiger partial charge in [0.05, 0.1) is 7.11 Å². The second-order valence-electron chi connectivity index (χ2n) is 5.23. The number of benzene rings is 1. The van der Waals surface area contributed by atoms with E-state index in [2.05, 4.69) is 36.9 Å². The molecule has 0 unspecified atom stereocenters. The third kappa shape index (κ3) is 4.78. The van der Waals surface area contributed by atoms with Crippen LogP contribution in [0, 0.1) is 3.57 Å². The minimum Gasteiger partial charge on any atom is -0.468 e. The minimum atomic E-state index is -3.70. The van der Waals surface area contributed by atoms with Gasteiger partial charge in [-0.15, -0.1) is 0 Å². The fraction of sp³-hybridized carbons (Fsp3) is 0.500. The van der Waals surface area contributed by atoms with Crippen molar-refractivity contribution in [2.75, 3.05) is 38.2 Å². The maximum atomic E-state index is 12.3. The number of anilines is 1. The van der Waals surface area contributed by atoms with E-state index in [9.17, 15) is 13.2 Å². The average Bonchev–Trinajstić information content (AvgIpc) is 2.54. The molecule has 0 amide bonds. The van der Waals surface area contributed by atoms with Gasteiger partial charge in [-0.2, -0.15) is 17.4 Å². The topological polar surface area (TPSA) is 78.9 Å². The highest BCUT2D eigenvalue weighted by Crippen LogP contribution is 2.19. The Labute approximate surface area is 150 Å². The van der Waals surface area contributed by atoms with E-state index in [0.717, 1.165) is 9.26 Å². The van der Waals surface area contributed by atoms with Gasteiger partial charge in [-0.3, -0.25) is 4.79 Å². The molecule has 1 aliphatic rings. The SMILES string of the molecule is COC(=O)[C@@H](C)NS(=O)(=O)N1CCN(c2ccc(I)cc2)CC1. The van der Waals surface area contributed by atoms with Crippen molar-refractivity contribution >= 4 is 44.5 Å². The van der Waals surface area contributed by atoms with Gasteiger partial charge < -0.3 is 9.64 Å². The molecule has 0 aromatic heterocycles. The van der Waals surface area contributed by atoms with Gasteiger partial charge in [-0.05, 0) is 53.8 Å². The Bertz CT molecular complexity index is 642. The van der Waals surface area contributed by atoms with Crippen molar-refractivity contribution in [3.8, 4) is 0 Å². The fourth-order valence-corrected chi connectivity index (χ4v) is 4.06. The van der Waals surface area contributed by atoms with Gasteiger partial charge in [0.15, 0.2) is 0 Å². The number of halogens is 1. The first-order valence-corrected chi connectivity index (χ1v) is 9.71. The van der Waals surface area contributed by atoms with E-state index < -0.39 is 22.2 Å². The predicted octanol–water partition coefficient (Wildman–Crippen LogP) is 0.809. The van der Waals surface area contributed by atoms with Crippen molar-refractivity contribution < 1.29 is 17.9 Å². The molecule has 1 atom stereocenters. The number of esters is 1. The zero-order valence-electron chi connectivity index (χ0n) is 13.0. The van der Waals surface area contributed by atoms with Crippen molar-refractivity contribution in [3.05, 3.63) is 27.8 Å². The lowest BCUT2D eigenvalue weighted by Crippen LogP contribution is -2.54. The largest absolute Gasteiger partial charge is 0.468 e. The summed E-state index contributed by atoms with van der Waals surface area (Å²) in [6, 6.07) is 7.21. The normalized spacial score (nSPS) is 17.8. The number of carbonyl (C=O) groups excluding carboxylic acids is 1. The third-order valence-electron chi connectivity index (χ3n) is 3.65. The van der Waals surface area contributed by atoms with Crippen molar-refractivity contribution in [2.45, 2.75) is 13.0 Å². The smallest absolute Gasteiger partial charge is 0.323 e. The highest BCUT2D eigenvalue weighted by Gasteiger charge is 2.30. The van der Waals surface area contributed by atoms with Crippen molar-refractivity contribution in [1.82, 2.24) is 9.03 Å². The van der Waals surface area contributed by atoms with E-state index in [1.54, 1.807) is 0 Å². The Hall–Kier alpha value is -0.910. The molecule has 128 valence electrons. The highest BCUT2D eigenvalue weighted by molar-refractivity contribution is 14.1. The van der Waals surface area contributed by atoms with E-state index in [1.165, 1.54) is 18.3 Å². The first-order valence-electron chi connectivity index (χ1n) is 7.19. The summed E-state index contributed by atoms with van der Waals surface area (Å²) in [4.78, 5) is 13.5. The number of methoxy groups -OCH3 is 1. The molecule has 0 saturated carbocycles. The van der Waals surface area contributed by atoms with Gasteiger partial charge >= 0.3 is 5.97 Å². The number of rotatable bonds is 5. The van der Waals surface area contributed by atoms with Crippen LogP contribution in [0.1, 0.15) is 6.92 Å². The molecule has 1 aromatic carbocycles. The summed E-state index contributed by atoms with van der Waals surface area (Å²) >= 11 is 2.25. The Morgan fingerprint density at radius 2 is 1.78 bits per heavy atom. The first kappa shape index (κ1) is 18.4. The molecule has 1 saturated heterocycles. The molecule has 1 N–H and O–H groups in total. The summed E-state index contributed by atoms with van der Waals surface area (Å²) in [6.45, 7) is 3.41. The van der Waals surface area contributed by atoms with Gasteiger partial charge in [0, 0.05) is 35.4 Å². The molecule has 1 heterocycles. The van der Waals surface area contributed by atoms with Crippen LogP contribution in [0.3, 0.4) is 0 Å². The maximum absolute atomic E-state index is 12.3. The monoisotopic (exact) mass is 453 g/mol. The zero-order valence-corrected chi connectivity index (χ0v) is 16.0. The molecule has 23 heavy (non-hydrogen) atoms. The lowest BCUT2D eigenvalue weighted by atomic mass is 10.2. The van der Waals surface area contributed by atoms with Crippen LogP contribution in [0.2, 0.25) is 0 Å². The van der Waals surface area contributed by atoms with Crippen LogP contribution in [-0.2, 0) is 19.7 Å². The molecule has 7 nitrogen and oxygen atoms in total. The Balaban J connectivity index is 1.95. The summed E-state index contributed by atoms with van der Waals surface area (Å²) in [7, 11) is -2.47. The van der Waals surface area contributed by atoms with Crippen LogP contribution >= 0.6 is 22.6 Å². The molecular weight excluding hydrogens is 433 g/mol. The quantitative estimate of drug-likeness (QED) is 0.528. The van der Waals surface area contributed by atoms with Crippen LogP contribution in [0.15, 0.2) is 24.3 Å². The highest BCUT2D eigenvalue weighted by atomic mass is 127. The van der Waals surface area contributed by atoms with Gasteiger partial charge in [0.2, 0.25) is 0 Å². The number of hydrogen-bond acceptors (Lipinski definition) is 5. The van der Waals surface area contributed by atoms with Gasteiger partial charge in [0.25, 0.3) is 10.2 Å². The molecular formula is C14H20IN3O4S. The fourth-order valence-electron chi connectivity index (χ4n) is 2.36. The summed E-state index contributed by atoms with van der Waals surface area (Å²) in [5, 5.41) is 0. The molecule has 2 rings (SSSR count). The van der Waals surface area contributed by atoms with Crippen molar-refractivity contribution in [3.63, 3.8) is 0 Å². The van der Waals surface area contributed by atoms with Crippen LogP contribution in [0.25, 0.3) is 0 Å². The molecule has 1 aliphatic heterocycles. The number of carbonyl (C=O) groups is 1. The van der Waals surface area contributed by atoms with Gasteiger partial charge in [-0.1, -0.05) is 0 Å². The second kappa shape index (κ2) is 7.77. The van der Waals surface area contributed by atoms with Gasteiger partial charge in [-0.25, -0.2) is 0 Å². The molecule has 1 aromatic rings. The number of ether oxygens (including phenoxy) is 1. The van der Waals surface area contributed by atoms with E-state index in [-0.39, 0.29) is 0 Å². The van der Waals surface area contributed by atoms with Gasteiger partial charge in [0.1, 0.15) is 6.04 Å². The van der Waals surface area contributed by atoms with Crippen LogP contribution < -0.4 is 9.62 Å². The van der Waals surface area contributed by atoms with Crippen molar-refractivity contribution in [2.24, 2.45) is 0 Å². The minimum absolute atomic E-state index is 0.370. The molecule has 0 aliphatic carbocycles. The third-order valence-corrected chi connectivity index (χ3v) is 6.07.